The van der Waals surface area contributed by atoms with Crippen LogP contribution in [0, 0.1) is 17.3 Å². The summed E-state index contributed by atoms with van der Waals surface area (Å²) in [5, 5.41) is 9.86. The first-order valence-corrected chi connectivity index (χ1v) is 11.2. The molecule has 4 fully saturated rings. The second kappa shape index (κ2) is 9.08. The number of carbonyl (C=O) groups is 2. The first kappa shape index (κ1) is 21.5. The maximum absolute atomic E-state index is 13.4. The predicted molar refractivity (Wildman–Crippen MR) is 115 cm³/mol. The van der Waals surface area contributed by atoms with Crippen LogP contribution in [0.3, 0.4) is 0 Å². The number of carbonyl (C=O) groups excluding carboxylic acids is 2. The summed E-state index contributed by atoms with van der Waals surface area (Å²) in [6.45, 7) is 9.05. The van der Waals surface area contributed by atoms with E-state index in [9.17, 15) is 9.59 Å². The lowest BCUT2D eigenvalue weighted by Crippen LogP contribution is -2.57. The molecule has 3 N–H and O–H groups in total. The first-order valence-electron chi connectivity index (χ1n) is 10.8. The van der Waals surface area contributed by atoms with E-state index in [1.807, 2.05) is 4.90 Å². The van der Waals surface area contributed by atoms with Gasteiger partial charge in [-0.05, 0) is 56.4 Å². The molecular weight excluding hydrogens is 372 g/mol. The summed E-state index contributed by atoms with van der Waals surface area (Å²) in [6.07, 6.45) is 6.20. The minimum absolute atomic E-state index is 0.0846. The SMILES string of the molecule is CC(C)(C)[C@@H]1NC(=S)CNCCC[C@H]2C[C@@H](C2)C(=O)NC[C@H]2CCCN2C1=O. The molecule has 2 atom stereocenters. The van der Waals surface area contributed by atoms with Gasteiger partial charge >= 0.3 is 0 Å². The van der Waals surface area contributed by atoms with Crippen LogP contribution in [0.1, 0.15) is 59.3 Å². The number of hydrogen-bond donors (Lipinski definition) is 3. The Morgan fingerprint density at radius 2 is 1.86 bits per heavy atom. The van der Waals surface area contributed by atoms with Crippen LogP contribution in [-0.4, -0.2) is 60.0 Å². The molecule has 3 heterocycles. The van der Waals surface area contributed by atoms with Gasteiger partial charge in [-0.2, -0.15) is 0 Å². The Bertz CT molecular complexity index is 598. The van der Waals surface area contributed by atoms with Crippen LogP contribution in [0.15, 0.2) is 0 Å². The molecule has 4 aliphatic rings. The summed E-state index contributed by atoms with van der Waals surface area (Å²) in [7, 11) is 0. The molecule has 7 heteroatoms. The summed E-state index contributed by atoms with van der Waals surface area (Å²) in [4.78, 5) is 28.5. The van der Waals surface area contributed by atoms with Crippen LogP contribution < -0.4 is 16.0 Å². The van der Waals surface area contributed by atoms with E-state index in [-0.39, 0.29) is 35.2 Å². The Morgan fingerprint density at radius 1 is 1.11 bits per heavy atom. The summed E-state index contributed by atoms with van der Waals surface area (Å²) < 4.78 is 0. The summed E-state index contributed by atoms with van der Waals surface area (Å²) in [6, 6.07) is -0.275. The van der Waals surface area contributed by atoms with Crippen molar-refractivity contribution in [2.45, 2.75) is 71.4 Å². The van der Waals surface area contributed by atoms with Crippen molar-refractivity contribution in [2.75, 3.05) is 26.2 Å². The molecule has 0 aromatic heterocycles. The van der Waals surface area contributed by atoms with Crippen molar-refractivity contribution in [3.8, 4) is 0 Å². The molecule has 0 radical (unpaired) electrons. The highest BCUT2D eigenvalue weighted by molar-refractivity contribution is 7.80. The maximum Gasteiger partial charge on any atom is 0.245 e. The third-order valence-corrected chi connectivity index (χ3v) is 6.71. The van der Waals surface area contributed by atoms with E-state index in [4.69, 9.17) is 12.2 Å². The Kier molecular flexibility index (Phi) is 6.97. The third kappa shape index (κ3) is 5.23. The average Bonchev–Trinajstić information content (AvgIpc) is 3.05. The third-order valence-electron chi connectivity index (χ3n) is 6.45. The van der Waals surface area contributed by atoms with Crippen LogP contribution in [-0.2, 0) is 9.59 Å². The van der Waals surface area contributed by atoms with Gasteiger partial charge in [0, 0.05) is 31.6 Å². The number of nitrogens with zero attached hydrogens (tertiary/aromatic N) is 1. The van der Waals surface area contributed by atoms with Crippen LogP contribution in [0.5, 0.6) is 0 Å². The zero-order valence-electron chi connectivity index (χ0n) is 17.6. The molecule has 28 heavy (non-hydrogen) atoms. The number of fused-ring (bicyclic) bond motifs is 10. The van der Waals surface area contributed by atoms with Gasteiger partial charge in [-0.1, -0.05) is 33.0 Å². The van der Waals surface area contributed by atoms with Crippen LogP contribution in [0.25, 0.3) is 0 Å². The lowest BCUT2D eigenvalue weighted by molar-refractivity contribution is -0.137. The number of amides is 2. The van der Waals surface area contributed by atoms with E-state index in [1.165, 1.54) is 0 Å². The normalized spacial score (nSPS) is 33.4. The summed E-state index contributed by atoms with van der Waals surface area (Å²) in [5.41, 5.74) is -0.248. The van der Waals surface area contributed by atoms with Gasteiger partial charge < -0.3 is 20.9 Å². The van der Waals surface area contributed by atoms with E-state index in [0.717, 1.165) is 51.6 Å². The lowest BCUT2D eigenvalue weighted by atomic mass is 9.72. The molecule has 2 amide bonds. The molecule has 1 saturated carbocycles. The molecule has 0 spiro atoms. The number of rotatable bonds is 0. The molecule has 0 aromatic rings. The maximum atomic E-state index is 13.4. The van der Waals surface area contributed by atoms with Crippen LogP contribution in [0.2, 0.25) is 0 Å². The lowest BCUT2D eigenvalue weighted by Gasteiger charge is -2.37. The monoisotopic (exact) mass is 408 g/mol. The molecule has 0 aromatic carbocycles. The average molecular weight is 409 g/mol. The van der Waals surface area contributed by atoms with Gasteiger partial charge in [0.1, 0.15) is 6.04 Å². The second-order valence-electron chi connectivity index (χ2n) is 9.79. The fraction of sp³-hybridized carbons (Fsp3) is 0.857. The minimum atomic E-state index is -0.360. The number of thiocarbonyl (C=S) groups is 1. The van der Waals surface area contributed by atoms with E-state index in [0.29, 0.717) is 24.0 Å². The molecule has 158 valence electrons. The van der Waals surface area contributed by atoms with Crippen molar-refractivity contribution in [3.05, 3.63) is 0 Å². The molecule has 4 rings (SSSR count). The molecule has 2 bridgehead atoms. The molecule has 1 aliphatic carbocycles. The van der Waals surface area contributed by atoms with E-state index in [2.05, 4.69) is 36.7 Å². The molecular formula is C21H36N4O2S. The highest BCUT2D eigenvalue weighted by Crippen LogP contribution is 2.37. The smallest absolute Gasteiger partial charge is 0.245 e. The van der Waals surface area contributed by atoms with Gasteiger partial charge in [0.25, 0.3) is 0 Å². The summed E-state index contributed by atoms with van der Waals surface area (Å²) >= 11 is 5.53. The zero-order valence-corrected chi connectivity index (χ0v) is 18.4. The van der Waals surface area contributed by atoms with Crippen molar-refractivity contribution in [2.24, 2.45) is 17.3 Å². The van der Waals surface area contributed by atoms with Gasteiger partial charge in [-0.25, -0.2) is 0 Å². The largest absolute Gasteiger partial charge is 0.367 e. The number of nitrogens with one attached hydrogen (secondary N) is 3. The van der Waals surface area contributed by atoms with E-state index < -0.39 is 0 Å². The van der Waals surface area contributed by atoms with Gasteiger partial charge in [0.15, 0.2) is 0 Å². The highest BCUT2D eigenvalue weighted by Gasteiger charge is 2.40. The Balaban J connectivity index is 1.72. The predicted octanol–water partition coefficient (Wildman–Crippen LogP) is 1.83. The van der Waals surface area contributed by atoms with Gasteiger partial charge in [0.2, 0.25) is 11.8 Å². The topological polar surface area (TPSA) is 73.5 Å². The van der Waals surface area contributed by atoms with Crippen molar-refractivity contribution in [3.63, 3.8) is 0 Å². The molecule has 6 nitrogen and oxygen atoms in total. The molecule has 3 aliphatic heterocycles. The standard InChI is InChI=1S/C21H36N4O2S/c1-21(2,3)18-20(27)25-9-5-7-16(25)12-23-19(26)15-10-14(11-15)6-4-8-22-13-17(28)24-18/h14-16,18,22H,4-13H2,1-3H3,(H,23,26)(H,24,28)/t14-,15-,16-,18-/m1/s1. The van der Waals surface area contributed by atoms with Crippen molar-refractivity contribution in [1.29, 1.82) is 0 Å². The zero-order chi connectivity index (χ0) is 20.3. The molecule has 3 saturated heterocycles. The summed E-state index contributed by atoms with van der Waals surface area (Å²) in [5.74, 6) is 1.10. The van der Waals surface area contributed by atoms with Gasteiger partial charge in [0.05, 0.1) is 4.99 Å². The van der Waals surface area contributed by atoms with Crippen molar-refractivity contribution in [1.82, 2.24) is 20.9 Å². The Labute approximate surface area is 174 Å². The van der Waals surface area contributed by atoms with Gasteiger partial charge in [-0.3, -0.25) is 9.59 Å². The van der Waals surface area contributed by atoms with Crippen LogP contribution >= 0.6 is 12.2 Å². The quantitative estimate of drug-likeness (QED) is 0.534. The van der Waals surface area contributed by atoms with E-state index in [1.54, 1.807) is 0 Å². The number of hydrogen-bond acceptors (Lipinski definition) is 4. The molecule has 0 unspecified atom stereocenters. The van der Waals surface area contributed by atoms with Crippen molar-refractivity contribution < 1.29 is 9.59 Å². The Hall–Kier alpha value is -1.21. The first-order chi connectivity index (χ1) is 13.3. The fourth-order valence-electron chi connectivity index (χ4n) is 4.63. The minimum Gasteiger partial charge on any atom is -0.367 e. The highest BCUT2D eigenvalue weighted by atomic mass is 32.1. The Morgan fingerprint density at radius 3 is 2.57 bits per heavy atom. The second-order valence-corrected chi connectivity index (χ2v) is 10.3. The van der Waals surface area contributed by atoms with E-state index >= 15 is 0 Å². The van der Waals surface area contributed by atoms with Gasteiger partial charge in [-0.15, -0.1) is 0 Å². The fourth-order valence-corrected chi connectivity index (χ4v) is 4.85. The van der Waals surface area contributed by atoms with Crippen LogP contribution in [0.4, 0.5) is 0 Å². The van der Waals surface area contributed by atoms with Crippen molar-refractivity contribution >= 4 is 29.0 Å².